The summed E-state index contributed by atoms with van der Waals surface area (Å²) in [5.74, 6) is -0.990. The fourth-order valence-electron chi connectivity index (χ4n) is 1.98. The minimum Gasteiger partial charge on any atom is -0.388 e. The van der Waals surface area contributed by atoms with E-state index in [0.717, 1.165) is 23.6 Å². The number of aliphatic hydroxyl groups is 1. The molecule has 0 spiro atoms. The maximum Gasteiger partial charge on any atom is 0.257 e. The van der Waals surface area contributed by atoms with Crippen LogP contribution < -0.4 is 5.32 Å². The Morgan fingerprint density at radius 2 is 1.89 bits per heavy atom. The first-order valence-electron chi connectivity index (χ1n) is 6.04. The SMILES string of the molecule is O=C(NCC1(O)CCSCC1)c1c(F)cccc1F. The van der Waals surface area contributed by atoms with Gasteiger partial charge in [0, 0.05) is 6.54 Å². The zero-order chi connectivity index (χ0) is 13.9. The quantitative estimate of drug-likeness (QED) is 0.893. The molecule has 0 atom stereocenters. The molecule has 0 aliphatic carbocycles. The summed E-state index contributed by atoms with van der Waals surface area (Å²) in [6, 6.07) is 3.27. The van der Waals surface area contributed by atoms with Crippen LogP contribution in [0.5, 0.6) is 0 Å². The first-order chi connectivity index (χ1) is 9.02. The highest BCUT2D eigenvalue weighted by atomic mass is 32.2. The molecule has 2 rings (SSSR count). The monoisotopic (exact) mass is 287 g/mol. The van der Waals surface area contributed by atoms with Crippen molar-refractivity contribution in [3.8, 4) is 0 Å². The maximum absolute atomic E-state index is 13.4. The standard InChI is InChI=1S/C13H15F2NO2S/c14-9-2-1-3-10(15)11(9)12(17)16-8-13(18)4-6-19-7-5-13/h1-3,18H,4-8H2,(H,16,17). The van der Waals surface area contributed by atoms with E-state index in [4.69, 9.17) is 0 Å². The number of halogens is 2. The predicted molar refractivity (Wildman–Crippen MR) is 70.2 cm³/mol. The van der Waals surface area contributed by atoms with E-state index < -0.39 is 28.7 Å². The van der Waals surface area contributed by atoms with Crippen LogP contribution >= 0.6 is 11.8 Å². The summed E-state index contributed by atoms with van der Waals surface area (Å²) in [5, 5.41) is 12.6. The van der Waals surface area contributed by atoms with Crippen LogP contribution in [0.4, 0.5) is 8.78 Å². The van der Waals surface area contributed by atoms with E-state index >= 15 is 0 Å². The first kappa shape index (κ1) is 14.3. The molecule has 1 heterocycles. The van der Waals surface area contributed by atoms with E-state index in [1.165, 1.54) is 6.07 Å². The second-order valence-corrected chi connectivity index (χ2v) is 5.84. The number of hydrogen-bond acceptors (Lipinski definition) is 3. The van der Waals surface area contributed by atoms with E-state index in [2.05, 4.69) is 5.32 Å². The molecule has 2 N–H and O–H groups in total. The Hall–Kier alpha value is -1.14. The Kier molecular flexibility index (Phi) is 4.42. The van der Waals surface area contributed by atoms with Crippen molar-refractivity contribution in [2.24, 2.45) is 0 Å². The van der Waals surface area contributed by atoms with Gasteiger partial charge in [-0.05, 0) is 36.5 Å². The van der Waals surface area contributed by atoms with Crippen molar-refractivity contribution in [1.29, 1.82) is 0 Å². The number of carbonyl (C=O) groups excluding carboxylic acids is 1. The van der Waals surface area contributed by atoms with Gasteiger partial charge in [0.25, 0.3) is 5.91 Å². The lowest BCUT2D eigenvalue weighted by Crippen LogP contribution is -2.45. The van der Waals surface area contributed by atoms with Crippen LogP contribution in [0.1, 0.15) is 23.2 Å². The van der Waals surface area contributed by atoms with Crippen molar-refractivity contribution in [2.45, 2.75) is 18.4 Å². The van der Waals surface area contributed by atoms with Gasteiger partial charge < -0.3 is 10.4 Å². The average Bonchev–Trinajstić information content (AvgIpc) is 2.37. The van der Waals surface area contributed by atoms with Crippen LogP contribution in [-0.2, 0) is 0 Å². The van der Waals surface area contributed by atoms with Crippen LogP contribution in [0.15, 0.2) is 18.2 Å². The second-order valence-electron chi connectivity index (χ2n) is 4.62. The number of benzene rings is 1. The van der Waals surface area contributed by atoms with E-state index in [9.17, 15) is 18.7 Å². The van der Waals surface area contributed by atoms with Gasteiger partial charge in [-0.25, -0.2) is 8.78 Å². The molecule has 1 amide bonds. The molecule has 1 aromatic rings. The summed E-state index contributed by atoms with van der Waals surface area (Å²) >= 11 is 1.74. The lowest BCUT2D eigenvalue weighted by molar-refractivity contribution is 0.0310. The van der Waals surface area contributed by atoms with Crippen molar-refractivity contribution in [2.75, 3.05) is 18.1 Å². The molecule has 0 aromatic heterocycles. The molecule has 104 valence electrons. The molecule has 6 heteroatoms. The number of hydrogen-bond donors (Lipinski definition) is 2. The molecule has 1 aliphatic heterocycles. The normalized spacial score (nSPS) is 18.1. The van der Waals surface area contributed by atoms with Crippen LogP contribution in [0, 0.1) is 11.6 Å². The molecule has 3 nitrogen and oxygen atoms in total. The van der Waals surface area contributed by atoms with Crippen molar-refractivity contribution in [3.05, 3.63) is 35.4 Å². The van der Waals surface area contributed by atoms with Gasteiger partial charge in [-0.2, -0.15) is 11.8 Å². The third-order valence-corrected chi connectivity index (χ3v) is 4.18. The van der Waals surface area contributed by atoms with E-state index in [1.54, 1.807) is 11.8 Å². The molecule has 1 fully saturated rings. The highest BCUT2D eigenvalue weighted by Gasteiger charge is 2.30. The third kappa shape index (κ3) is 3.45. The zero-order valence-electron chi connectivity index (χ0n) is 10.3. The largest absolute Gasteiger partial charge is 0.388 e. The molecule has 1 aromatic carbocycles. The van der Waals surface area contributed by atoms with Gasteiger partial charge in [0.1, 0.15) is 17.2 Å². The van der Waals surface area contributed by atoms with Crippen LogP contribution in [0.25, 0.3) is 0 Å². The molecule has 0 bridgehead atoms. The topological polar surface area (TPSA) is 49.3 Å². The van der Waals surface area contributed by atoms with Crippen molar-refractivity contribution < 1.29 is 18.7 Å². The summed E-state index contributed by atoms with van der Waals surface area (Å²) in [6.07, 6.45) is 1.13. The molecular weight excluding hydrogens is 272 g/mol. The number of rotatable bonds is 3. The van der Waals surface area contributed by atoms with Crippen LogP contribution in [0.2, 0.25) is 0 Å². The smallest absolute Gasteiger partial charge is 0.257 e. The van der Waals surface area contributed by atoms with Crippen molar-refractivity contribution in [1.82, 2.24) is 5.32 Å². The Morgan fingerprint density at radius 3 is 2.47 bits per heavy atom. The van der Waals surface area contributed by atoms with E-state index in [1.807, 2.05) is 0 Å². The van der Waals surface area contributed by atoms with Gasteiger partial charge in [0.2, 0.25) is 0 Å². The average molecular weight is 287 g/mol. The van der Waals surface area contributed by atoms with E-state index in [0.29, 0.717) is 12.8 Å². The fourth-order valence-corrected chi connectivity index (χ4v) is 3.23. The minimum absolute atomic E-state index is 0.0141. The van der Waals surface area contributed by atoms with Gasteiger partial charge in [0.15, 0.2) is 0 Å². The summed E-state index contributed by atoms with van der Waals surface area (Å²) in [5.41, 5.74) is -1.57. The van der Waals surface area contributed by atoms with Gasteiger partial charge in [-0.1, -0.05) is 6.07 Å². The third-order valence-electron chi connectivity index (χ3n) is 3.19. The summed E-state index contributed by atoms with van der Waals surface area (Å²) in [7, 11) is 0. The van der Waals surface area contributed by atoms with Crippen LogP contribution in [-0.4, -0.2) is 34.7 Å². The first-order valence-corrected chi connectivity index (χ1v) is 7.20. The molecule has 1 aliphatic rings. The fraction of sp³-hybridized carbons (Fsp3) is 0.462. The molecule has 1 saturated heterocycles. The molecular formula is C13H15F2NO2S. The summed E-state index contributed by atoms with van der Waals surface area (Å²) < 4.78 is 26.8. The Bertz CT molecular complexity index is 455. The van der Waals surface area contributed by atoms with Crippen LogP contribution in [0.3, 0.4) is 0 Å². The number of nitrogens with one attached hydrogen (secondary N) is 1. The Balaban J connectivity index is 2.01. The molecule has 0 radical (unpaired) electrons. The minimum atomic E-state index is -0.970. The molecule has 0 saturated carbocycles. The van der Waals surface area contributed by atoms with Crippen molar-refractivity contribution in [3.63, 3.8) is 0 Å². The van der Waals surface area contributed by atoms with Gasteiger partial charge in [-0.15, -0.1) is 0 Å². The molecule has 0 unspecified atom stereocenters. The highest BCUT2D eigenvalue weighted by molar-refractivity contribution is 7.99. The van der Waals surface area contributed by atoms with Gasteiger partial charge in [0.05, 0.1) is 5.60 Å². The molecule has 19 heavy (non-hydrogen) atoms. The summed E-state index contributed by atoms with van der Waals surface area (Å²) in [4.78, 5) is 11.8. The maximum atomic E-state index is 13.4. The van der Waals surface area contributed by atoms with E-state index in [-0.39, 0.29) is 6.54 Å². The predicted octanol–water partition coefficient (Wildman–Crippen LogP) is 1.95. The number of amides is 1. The van der Waals surface area contributed by atoms with Gasteiger partial charge >= 0.3 is 0 Å². The van der Waals surface area contributed by atoms with Gasteiger partial charge in [-0.3, -0.25) is 4.79 Å². The highest BCUT2D eigenvalue weighted by Crippen LogP contribution is 2.26. The Morgan fingerprint density at radius 1 is 1.32 bits per heavy atom. The Labute approximate surface area is 114 Å². The summed E-state index contributed by atoms with van der Waals surface area (Å²) in [6.45, 7) is 0.0141. The number of carbonyl (C=O) groups is 1. The van der Waals surface area contributed by atoms with Crippen molar-refractivity contribution >= 4 is 17.7 Å². The lowest BCUT2D eigenvalue weighted by atomic mass is 9.97. The lowest BCUT2D eigenvalue weighted by Gasteiger charge is -2.31. The number of thioether (sulfide) groups is 1. The zero-order valence-corrected chi connectivity index (χ0v) is 11.1. The second kappa shape index (κ2) is 5.88.